The van der Waals surface area contributed by atoms with E-state index in [1.54, 1.807) is 82.3 Å². The summed E-state index contributed by atoms with van der Waals surface area (Å²) in [4.78, 5) is 150. The molecule has 0 aliphatic carbocycles. The Morgan fingerprint density at radius 1 is 0.464 bits per heavy atom. The predicted octanol–water partition coefficient (Wildman–Crippen LogP) is 1.85. The third kappa shape index (κ3) is 18.5. The van der Waals surface area contributed by atoms with E-state index in [4.69, 9.17) is 17.4 Å². The Labute approximate surface area is 495 Å². The Morgan fingerprint density at radius 3 is 1.45 bits per heavy atom. The molecule has 0 saturated carbocycles. The van der Waals surface area contributed by atoms with Crippen LogP contribution in [-0.4, -0.2) is 159 Å². The number of hydrazine groups is 2. The van der Waals surface area contributed by atoms with Crippen LogP contribution in [0.5, 0.6) is 0 Å². The number of rotatable bonds is 16. The van der Waals surface area contributed by atoms with E-state index in [0.29, 0.717) is 36.8 Å². The Morgan fingerprint density at radius 2 is 0.929 bits per heavy atom. The molecule has 0 spiro atoms. The van der Waals surface area contributed by atoms with Crippen LogP contribution in [0.2, 0.25) is 0 Å². The van der Waals surface area contributed by atoms with Crippen molar-refractivity contribution in [1.29, 1.82) is 0 Å². The molecule has 23 heteroatoms. The van der Waals surface area contributed by atoms with Crippen molar-refractivity contribution in [2.45, 2.75) is 206 Å². The number of benzene rings is 2. The molecule has 84 heavy (non-hydrogen) atoms. The predicted molar refractivity (Wildman–Crippen MR) is 317 cm³/mol. The van der Waals surface area contributed by atoms with Gasteiger partial charge in [0.2, 0.25) is 47.3 Å². The third-order valence-electron chi connectivity index (χ3n) is 15.9. The van der Waals surface area contributed by atoms with Gasteiger partial charge in [-0.25, -0.2) is 11.7 Å². The van der Waals surface area contributed by atoms with Crippen molar-refractivity contribution >= 4 is 59.1 Å². The lowest BCUT2D eigenvalue weighted by atomic mass is 9.98. The standard InChI is InChI=1S/C61H95N13O10/c1-10-11-26-48-56(79)66-43(32-36(2)3)53(76)68-45(34-40-21-14-12-15-22-40)58(81)71-30-19-27-46(71)54(77)69-50(38(6)7)57(80)65-42(25-18-29-62)52(75)67-44(33-37(4)5)59(82)74(64)49(35-41-23-16-13-17-24-41)60(83)72-31-20-28-47(72)55(78)70-51(39(8)9)61(84)73(48)63/h12-17,21-24,36-39,42-51H,10-11,18-20,25-35,62-64H2,1-9H3,(H,65,80)(H,66,79)(H,67,75)(H,68,76)(H,69,77)(H,70,78)/t42-,43-,44-,45+,46-,47-,48-,49+,50-,51-/m0/s1. The van der Waals surface area contributed by atoms with Crippen LogP contribution in [0.25, 0.3) is 0 Å². The maximum atomic E-state index is 15.1. The van der Waals surface area contributed by atoms with Gasteiger partial charge in [-0.15, -0.1) is 0 Å². The molecule has 10 amide bonds. The van der Waals surface area contributed by atoms with Gasteiger partial charge in [-0.2, -0.15) is 0 Å². The van der Waals surface area contributed by atoms with Gasteiger partial charge in [0.15, 0.2) is 0 Å². The molecular formula is C61H95N13O10. The topological polar surface area (TPSA) is 334 Å². The van der Waals surface area contributed by atoms with Gasteiger partial charge in [-0.05, 0) is 99.1 Å². The fourth-order valence-electron chi connectivity index (χ4n) is 11.2. The molecule has 0 radical (unpaired) electrons. The molecule has 0 unspecified atom stereocenters. The SMILES string of the molecule is CCCC[C@H]1C(=O)N[C@@H](CC(C)C)C(=O)N[C@H](Cc2ccccc2)C(=O)N2CCC[C@H]2C(=O)N[C@@H](C(C)C)C(=O)N[C@@H](CCCN)C(=O)N[C@@H](CC(C)C)C(=O)N(N)[C@H](Cc2ccccc2)C(=O)N2CCC[C@H]2C(=O)N[C@@H](C(C)C)C(=O)N1N. The highest BCUT2D eigenvalue weighted by molar-refractivity contribution is 6.00. The van der Waals surface area contributed by atoms with Gasteiger partial charge >= 0.3 is 0 Å². The highest BCUT2D eigenvalue weighted by Crippen LogP contribution is 2.25. The van der Waals surface area contributed by atoms with Crippen LogP contribution in [0.15, 0.2) is 60.7 Å². The second kappa shape index (κ2) is 32.3. The Kier molecular flexibility index (Phi) is 26.1. The number of carbonyl (C=O) groups excluding carboxylic acids is 10. The van der Waals surface area contributed by atoms with Gasteiger partial charge in [-0.1, -0.05) is 136 Å². The highest BCUT2D eigenvalue weighted by atomic mass is 16.2. The van der Waals surface area contributed by atoms with E-state index in [1.807, 2.05) is 40.7 Å². The van der Waals surface area contributed by atoms with Gasteiger partial charge in [0.05, 0.1) is 0 Å². The monoisotopic (exact) mass is 1170 g/mol. The summed E-state index contributed by atoms with van der Waals surface area (Å²) in [5, 5.41) is 18.7. The molecule has 3 fully saturated rings. The smallest absolute Gasteiger partial charge is 0.260 e. The van der Waals surface area contributed by atoms with Gasteiger partial charge in [0.25, 0.3) is 11.8 Å². The molecule has 12 N–H and O–H groups in total. The first-order valence-corrected chi connectivity index (χ1v) is 30.2. The zero-order valence-electron chi connectivity index (χ0n) is 50.8. The largest absolute Gasteiger partial charge is 0.343 e. The fraction of sp³-hybridized carbons (Fsp3) is 0.639. The zero-order valence-corrected chi connectivity index (χ0v) is 50.8. The maximum absolute atomic E-state index is 15.1. The molecule has 3 heterocycles. The molecule has 0 bridgehead atoms. The number of unbranched alkanes of at least 4 members (excludes halogenated alkanes) is 1. The summed E-state index contributed by atoms with van der Waals surface area (Å²) < 4.78 is 0. The number of hydrogen-bond acceptors (Lipinski definition) is 13. The lowest BCUT2D eigenvalue weighted by molar-refractivity contribution is -0.151. The molecule has 464 valence electrons. The van der Waals surface area contributed by atoms with Gasteiger partial charge in [0, 0.05) is 25.9 Å². The number of nitrogens with one attached hydrogen (secondary N) is 6. The van der Waals surface area contributed by atoms with Crippen LogP contribution in [-0.2, 0) is 60.8 Å². The molecule has 10 atom stereocenters. The van der Waals surface area contributed by atoms with Crippen molar-refractivity contribution in [3.05, 3.63) is 71.8 Å². The summed E-state index contributed by atoms with van der Waals surface area (Å²) in [5.41, 5.74) is 7.28. The van der Waals surface area contributed by atoms with Crippen molar-refractivity contribution in [1.82, 2.24) is 51.7 Å². The number of carbonyl (C=O) groups is 10. The van der Waals surface area contributed by atoms with Gasteiger partial charge < -0.3 is 47.4 Å². The number of fused-ring (bicyclic) bond motifs is 2. The number of nitrogens with two attached hydrogens (primary N) is 3. The van der Waals surface area contributed by atoms with E-state index in [1.165, 1.54) is 9.80 Å². The second-order valence-corrected chi connectivity index (χ2v) is 24.3. The van der Waals surface area contributed by atoms with Crippen LogP contribution in [0, 0.1) is 23.7 Å². The van der Waals surface area contributed by atoms with Crippen molar-refractivity contribution < 1.29 is 47.9 Å². The number of hydrogen-bond donors (Lipinski definition) is 9. The zero-order chi connectivity index (χ0) is 61.9. The van der Waals surface area contributed by atoms with Crippen LogP contribution >= 0.6 is 0 Å². The Bertz CT molecular complexity index is 2570. The summed E-state index contributed by atoms with van der Waals surface area (Å²) in [6.45, 7) is 16.5. The normalized spacial score (nSPS) is 26.5. The van der Waals surface area contributed by atoms with E-state index in [2.05, 4.69) is 31.9 Å². The highest BCUT2D eigenvalue weighted by Gasteiger charge is 2.45. The maximum Gasteiger partial charge on any atom is 0.260 e. The lowest BCUT2D eigenvalue weighted by Gasteiger charge is -2.36. The second-order valence-electron chi connectivity index (χ2n) is 24.3. The molecule has 5 rings (SSSR count). The van der Waals surface area contributed by atoms with Gasteiger partial charge in [0.1, 0.15) is 60.4 Å². The quantitative estimate of drug-likeness (QED) is 0.0858. The van der Waals surface area contributed by atoms with E-state index in [-0.39, 0.29) is 89.3 Å². The molecule has 2 aromatic carbocycles. The lowest BCUT2D eigenvalue weighted by Crippen LogP contribution is -2.64. The summed E-state index contributed by atoms with van der Waals surface area (Å²) in [6, 6.07) is 5.41. The summed E-state index contributed by atoms with van der Waals surface area (Å²) in [6.07, 6.45) is 2.83. The Hall–Kier alpha value is -6.98. The van der Waals surface area contributed by atoms with Crippen LogP contribution < -0.4 is 49.3 Å². The summed E-state index contributed by atoms with van der Waals surface area (Å²) in [5.74, 6) is 5.00. The minimum absolute atomic E-state index is 0.0162. The average molecular weight is 1170 g/mol. The van der Waals surface area contributed by atoms with Crippen LogP contribution in [0.4, 0.5) is 0 Å². The van der Waals surface area contributed by atoms with E-state index >= 15 is 4.79 Å². The molecule has 0 aromatic heterocycles. The fourth-order valence-corrected chi connectivity index (χ4v) is 11.2. The van der Waals surface area contributed by atoms with Crippen molar-refractivity contribution in [2.75, 3.05) is 19.6 Å². The Balaban J connectivity index is 1.62. The van der Waals surface area contributed by atoms with Crippen LogP contribution in [0.3, 0.4) is 0 Å². The number of nitrogens with zero attached hydrogens (tertiary/aromatic N) is 4. The molecule has 3 aliphatic rings. The first-order chi connectivity index (χ1) is 39.9. The van der Waals surface area contributed by atoms with Crippen LogP contribution in [0.1, 0.15) is 144 Å². The first-order valence-electron chi connectivity index (χ1n) is 30.2. The third-order valence-corrected chi connectivity index (χ3v) is 15.9. The average Bonchev–Trinajstić information content (AvgIpc) is 4.17. The minimum Gasteiger partial charge on any atom is -0.343 e. The molecule has 3 saturated heterocycles. The van der Waals surface area contributed by atoms with Crippen molar-refractivity contribution in [2.24, 2.45) is 41.1 Å². The molecule has 2 aromatic rings. The van der Waals surface area contributed by atoms with Crippen molar-refractivity contribution in [3.8, 4) is 0 Å². The summed E-state index contributed by atoms with van der Waals surface area (Å²) >= 11 is 0. The van der Waals surface area contributed by atoms with E-state index in [9.17, 15) is 43.2 Å². The van der Waals surface area contributed by atoms with E-state index in [0.717, 1.165) is 10.0 Å². The molecule has 3 aliphatic heterocycles. The van der Waals surface area contributed by atoms with E-state index < -0.39 is 131 Å². The summed E-state index contributed by atoms with van der Waals surface area (Å²) in [7, 11) is 0. The van der Waals surface area contributed by atoms with Crippen molar-refractivity contribution in [3.63, 3.8) is 0 Å². The minimum atomic E-state index is -1.40. The first kappa shape index (κ1) is 67.8. The molecular weight excluding hydrogens is 1070 g/mol. The number of amides is 10. The molecule has 23 nitrogen and oxygen atoms in total. The van der Waals surface area contributed by atoms with Gasteiger partial charge in [-0.3, -0.25) is 58.0 Å².